The Hall–Kier alpha value is -3.76. The van der Waals surface area contributed by atoms with E-state index in [0.29, 0.717) is 43.6 Å². The molecular formula is C22H14ClFN6O2S. The number of halogens is 2. The minimum absolute atomic E-state index is 0.129. The summed E-state index contributed by atoms with van der Waals surface area (Å²) >= 11 is 7.32. The number of benzene rings is 1. The van der Waals surface area contributed by atoms with Crippen LogP contribution < -0.4 is 5.56 Å². The molecule has 0 aliphatic rings. The molecule has 4 heterocycles. The molecule has 0 N–H and O–H groups in total. The van der Waals surface area contributed by atoms with Crippen molar-refractivity contribution in [2.24, 2.45) is 0 Å². The second-order valence-corrected chi connectivity index (χ2v) is 8.55. The summed E-state index contributed by atoms with van der Waals surface area (Å²) in [5.74, 6) is 0.460. The third-order valence-corrected chi connectivity index (χ3v) is 5.85. The van der Waals surface area contributed by atoms with Crippen LogP contribution in [0.2, 0.25) is 5.02 Å². The molecule has 11 heteroatoms. The Morgan fingerprint density at radius 2 is 1.91 bits per heavy atom. The van der Waals surface area contributed by atoms with Crippen molar-refractivity contribution < 1.29 is 8.81 Å². The van der Waals surface area contributed by atoms with Gasteiger partial charge in [-0.25, -0.2) is 14.1 Å². The van der Waals surface area contributed by atoms with Gasteiger partial charge in [0.1, 0.15) is 21.5 Å². The molecule has 5 rings (SSSR count). The first-order valence-electron chi connectivity index (χ1n) is 9.71. The van der Waals surface area contributed by atoms with Crippen LogP contribution in [0.5, 0.6) is 0 Å². The maximum atomic E-state index is 13.2. The van der Waals surface area contributed by atoms with Gasteiger partial charge in [-0.15, -0.1) is 10.2 Å². The van der Waals surface area contributed by atoms with Crippen LogP contribution >= 0.6 is 22.9 Å². The molecule has 0 fully saturated rings. The molecule has 33 heavy (non-hydrogen) atoms. The Balaban J connectivity index is 1.44. The molecule has 0 bridgehead atoms. The highest BCUT2D eigenvalue weighted by molar-refractivity contribution is 7.14. The van der Waals surface area contributed by atoms with Crippen molar-refractivity contribution in [3.8, 4) is 33.5 Å². The normalized spacial score (nSPS) is 11.1. The molecule has 0 radical (unpaired) electrons. The van der Waals surface area contributed by atoms with E-state index in [4.69, 9.17) is 16.0 Å². The van der Waals surface area contributed by atoms with Gasteiger partial charge in [-0.05, 0) is 43.3 Å². The van der Waals surface area contributed by atoms with Gasteiger partial charge in [0.2, 0.25) is 5.89 Å². The molecule has 0 saturated heterocycles. The molecule has 5 aromatic rings. The van der Waals surface area contributed by atoms with Crippen molar-refractivity contribution in [1.29, 1.82) is 0 Å². The number of rotatable bonds is 5. The van der Waals surface area contributed by atoms with E-state index < -0.39 is 0 Å². The molecule has 0 saturated carbocycles. The first-order valence-corrected chi connectivity index (χ1v) is 10.9. The lowest BCUT2D eigenvalue weighted by Gasteiger charge is -2.04. The standard InChI is InChI=1S/C22H14ClFN6O2S/c1-12-20(32-21(26-12)14-8-15(23)10-25-9-14)17-6-7-19(31)30(29-17)11-18-27-28-22(33-18)13-2-4-16(24)5-3-13/h2-10H,11H2,1H3. The lowest BCUT2D eigenvalue weighted by atomic mass is 10.2. The molecule has 8 nitrogen and oxygen atoms in total. The summed E-state index contributed by atoms with van der Waals surface area (Å²) in [6, 6.07) is 10.7. The maximum absolute atomic E-state index is 13.2. The largest absolute Gasteiger partial charge is 0.434 e. The highest BCUT2D eigenvalue weighted by Crippen LogP contribution is 2.29. The van der Waals surface area contributed by atoms with E-state index >= 15 is 0 Å². The average molecular weight is 481 g/mol. The Morgan fingerprint density at radius 1 is 1.09 bits per heavy atom. The van der Waals surface area contributed by atoms with Crippen LogP contribution in [0, 0.1) is 12.7 Å². The van der Waals surface area contributed by atoms with Gasteiger partial charge in [-0.1, -0.05) is 22.9 Å². The Morgan fingerprint density at radius 3 is 2.70 bits per heavy atom. The van der Waals surface area contributed by atoms with Crippen molar-refractivity contribution in [2.75, 3.05) is 0 Å². The third kappa shape index (κ3) is 4.43. The van der Waals surface area contributed by atoms with Crippen LogP contribution in [-0.4, -0.2) is 29.9 Å². The highest BCUT2D eigenvalue weighted by atomic mass is 35.5. The van der Waals surface area contributed by atoms with Crippen LogP contribution in [-0.2, 0) is 6.54 Å². The van der Waals surface area contributed by atoms with Crippen molar-refractivity contribution in [3.05, 3.63) is 86.8 Å². The predicted molar refractivity (Wildman–Crippen MR) is 121 cm³/mol. The van der Waals surface area contributed by atoms with Crippen LogP contribution in [0.3, 0.4) is 0 Å². The summed E-state index contributed by atoms with van der Waals surface area (Å²) in [6.45, 7) is 1.92. The number of hydrogen-bond donors (Lipinski definition) is 0. The fourth-order valence-electron chi connectivity index (χ4n) is 3.12. The monoisotopic (exact) mass is 480 g/mol. The third-order valence-electron chi connectivity index (χ3n) is 4.69. The van der Waals surface area contributed by atoms with Crippen LogP contribution in [0.25, 0.3) is 33.5 Å². The number of pyridine rings is 1. The molecule has 0 atom stereocenters. The van der Waals surface area contributed by atoms with Gasteiger partial charge < -0.3 is 4.42 Å². The summed E-state index contributed by atoms with van der Waals surface area (Å²) in [5, 5.41) is 14.4. The zero-order chi connectivity index (χ0) is 22.9. The van der Waals surface area contributed by atoms with Crippen molar-refractivity contribution in [1.82, 2.24) is 29.9 Å². The van der Waals surface area contributed by atoms with Gasteiger partial charge in [0.25, 0.3) is 5.56 Å². The topological polar surface area (TPSA) is 99.6 Å². The van der Waals surface area contributed by atoms with Gasteiger partial charge in [-0.3, -0.25) is 9.78 Å². The fraction of sp³-hybridized carbons (Fsp3) is 0.0909. The smallest absolute Gasteiger partial charge is 0.267 e. The fourth-order valence-corrected chi connectivity index (χ4v) is 4.13. The van der Waals surface area contributed by atoms with E-state index in [1.807, 2.05) is 0 Å². The average Bonchev–Trinajstić information content (AvgIpc) is 3.43. The minimum atomic E-state index is -0.325. The Labute approximate surface area is 195 Å². The van der Waals surface area contributed by atoms with Crippen LogP contribution in [0.1, 0.15) is 10.7 Å². The second-order valence-electron chi connectivity index (χ2n) is 7.05. The van der Waals surface area contributed by atoms with Crippen molar-refractivity contribution >= 4 is 22.9 Å². The Bertz CT molecular complexity index is 1510. The number of aromatic nitrogens is 6. The number of oxazole rings is 1. The molecule has 1 aromatic carbocycles. The minimum Gasteiger partial charge on any atom is -0.434 e. The summed E-state index contributed by atoms with van der Waals surface area (Å²) in [5.41, 5.74) is 2.14. The molecule has 0 spiro atoms. The van der Waals surface area contributed by atoms with E-state index in [-0.39, 0.29) is 17.9 Å². The molecular weight excluding hydrogens is 467 g/mol. The van der Waals surface area contributed by atoms with E-state index in [0.717, 1.165) is 5.56 Å². The van der Waals surface area contributed by atoms with Gasteiger partial charge >= 0.3 is 0 Å². The van der Waals surface area contributed by atoms with E-state index in [1.54, 1.807) is 37.4 Å². The van der Waals surface area contributed by atoms with Crippen molar-refractivity contribution in [2.45, 2.75) is 13.5 Å². The van der Waals surface area contributed by atoms with Gasteiger partial charge in [0.05, 0.1) is 22.8 Å². The molecule has 0 amide bonds. The number of nitrogens with zero attached hydrogens (tertiary/aromatic N) is 6. The van der Waals surface area contributed by atoms with E-state index in [2.05, 4.69) is 25.3 Å². The maximum Gasteiger partial charge on any atom is 0.267 e. The summed E-state index contributed by atoms with van der Waals surface area (Å²) < 4.78 is 20.4. The lowest BCUT2D eigenvalue weighted by Crippen LogP contribution is -2.22. The van der Waals surface area contributed by atoms with E-state index in [1.165, 1.54) is 40.4 Å². The SMILES string of the molecule is Cc1nc(-c2cncc(Cl)c2)oc1-c1ccc(=O)n(Cc2nnc(-c3ccc(F)cc3)s2)n1. The zero-order valence-electron chi connectivity index (χ0n) is 17.1. The molecule has 0 aliphatic carbocycles. The Kier molecular flexibility index (Phi) is 5.53. The number of hydrogen-bond acceptors (Lipinski definition) is 8. The van der Waals surface area contributed by atoms with Gasteiger partial charge in [0.15, 0.2) is 5.76 Å². The lowest BCUT2D eigenvalue weighted by molar-refractivity contribution is 0.573. The molecule has 0 unspecified atom stereocenters. The highest BCUT2D eigenvalue weighted by Gasteiger charge is 2.17. The first-order chi connectivity index (χ1) is 16.0. The molecule has 4 aromatic heterocycles. The number of aryl methyl sites for hydroxylation is 1. The second kappa shape index (κ2) is 8.64. The predicted octanol–water partition coefficient (Wildman–Crippen LogP) is 4.63. The van der Waals surface area contributed by atoms with E-state index in [9.17, 15) is 9.18 Å². The van der Waals surface area contributed by atoms with Gasteiger partial charge in [-0.2, -0.15) is 5.10 Å². The van der Waals surface area contributed by atoms with Crippen LogP contribution in [0.15, 0.2) is 64.1 Å². The summed E-state index contributed by atoms with van der Waals surface area (Å²) in [7, 11) is 0. The van der Waals surface area contributed by atoms with Crippen molar-refractivity contribution in [3.63, 3.8) is 0 Å². The molecule has 164 valence electrons. The molecule has 0 aliphatic heterocycles. The quantitative estimate of drug-likeness (QED) is 0.361. The zero-order valence-corrected chi connectivity index (χ0v) is 18.6. The van der Waals surface area contributed by atoms with Gasteiger partial charge in [0, 0.05) is 24.0 Å². The summed E-state index contributed by atoms with van der Waals surface area (Å²) in [6.07, 6.45) is 3.12. The summed E-state index contributed by atoms with van der Waals surface area (Å²) in [4.78, 5) is 20.9. The van der Waals surface area contributed by atoms with Crippen LogP contribution in [0.4, 0.5) is 4.39 Å². The first kappa shape index (κ1) is 21.1.